The third-order valence-corrected chi connectivity index (χ3v) is 6.17. The molecule has 0 spiro atoms. The van der Waals surface area contributed by atoms with E-state index in [1.165, 1.54) is 0 Å². The van der Waals surface area contributed by atoms with Crippen LogP contribution in [0.15, 0.2) is 48.5 Å². The molecule has 4 rings (SSSR count). The SMILES string of the molecule is CCC1(c2ccccc2)NC(=O)N(CC(=O)Nc2cc(Cl)ccc2OCC2CCCO2)C1=O. The fourth-order valence-corrected chi connectivity index (χ4v) is 4.32. The Bertz CT molecular complexity index is 1040. The van der Waals surface area contributed by atoms with Gasteiger partial charge in [-0.15, -0.1) is 0 Å². The lowest BCUT2D eigenvalue weighted by molar-refractivity contribution is -0.134. The minimum absolute atomic E-state index is 0.00954. The van der Waals surface area contributed by atoms with E-state index in [4.69, 9.17) is 21.1 Å². The average molecular weight is 472 g/mol. The van der Waals surface area contributed by atoms with Crippen LogP contribution in [0.3, 0.4) is 0 Å². The molecular formula is C24H26ClN3O5. The molecule has 174 valence electrons. The molecule has 2 unspecified atom stereocenters. The highest BCUT2D eigenvalue weighted by Gasteiger charge is 2.51. The van der Waals surface area contributed by atoms with Crippen molar-refractivity contribution in [2.24, 2.45) is 0 Å². The molecule has 0 saturated carbocycles. The van der Waals surface area contributed by atoms with Crippen molar-refractivity contribution in [3.05, 3.63) is 59.1 Å². The molecule has 8 nitrogen and oxygen atoms in total. The number of urea groups is 1. The second-order valence-corrected chi connectivity index (χ2v) is 8.52. The van der Waals surface area contributed by atoms with Crippen molar-refractivity contribution in [3.63, 3.8) is 0 Å². The second kappa shape index (κ2) is 9.80. The molecule has 0 aromatic heterocycles. The summed E-state index contributed by atoms with van der Waals surface area (Å²) in [5.41, 5.74) is -0.152. The molecule has 2 aromatic carbocycles. The van der Waals surface area contributed by atoms with E-state index >= 15 is 0 Å². The van der Waals surface area contributed by atoms with E-state index in [1.54, 1.807) is 42.5 Å². The summed E-state index contributed by atoms with van der Waals surface area (Å²) >= 11 is 6.11. The molecule has 2 saturated heterocycles. The number of nitrogens with one attached hydrogen (secondary N) is 2. The molecule has 33 heavy (non-hydrogen) atoms. The summed E-state index contributed by atoms with van der Waals surface area (Å²) in [5, 5.41) is 5.90. The van der Waals surface area contributed by atoms with Crippen LogP contribution >= 0.6 is 11.6 Å². The number of anilines is 1. The number of halogens is 1. The summed E-state index contributed by atoms with van der Waals surface area (Å²) in [5.74, 6) is -0.562. The zero-order chi connectivity index (χ0) is 23.4. The number of ether oxygens (including phenoxy) is 2. The Morgan fingerprint density at radius 3 is 2.76 bits per heavy atom. The van der Waals surface area contributed by atoms with Crippen LogP contribution in [0.5, 0.6) is 5.75 Å². The van der Waals surface area contributed by atoms with E-state index in [0.717, 1.165) is 17.7 Å². The van der Waals surface area contributed by atoms with Gasteiger partial charge in [-0.25, -0.2) is 4.79 Å². The standard InChI is InChI=1S/C24H26ClN3O5/c1-2-24(16-7-4-3-5-8-16)22(30)28(23(31)27-24)14-21(29)26-19-13-17(25)10-11-20(19)33-15-18-9-6-12-32-18/h3-5,7-8,10-11,13,18H,2,6,9,12,14-15H2,1H3,(H,26,29)(H,27,31). The van der Waals surface area contributed by atoms with Gasteiger partial charge in [0.25, 0.3) is 5.91 Å². The van der Waals surface area contributed by atoms with Crippen LogP contribution < -0.4 is 15.4 Å². The molecule has 2 aliphatic rings. The number of imide groups is 1. The van der Waals surface area contributed by atoms with Crippen LogP contribution in [0.1, 0.15) is 31.7 Å². The van der Waals surface area contributed by atoms with Crippen LogP contribution in [-0.4, -0.2) is 48.6 Å². The third kappa shape index (κ3) is 4.82. The molecule has 0 bridgehead atoms. The van der Waals surface area contributed by atoms with E-state index < -0.39 is 29.9 Å². The highest BCUT2D eigenvalue weighted by atomic mass is 35.5. The number of amides is 4. The van der Waals surface area contributed by atoms with E-state index in [0.29, 0.717) is 41.7 Å². The average Bonchev–Trinajstić information content (AvgIpc) is 3.42. The van der Waals surface area contributed by atoms with Crippen molar-refractivity contribution in [3.8, 4) is 5.75 Å². The van der Waals surface area contributed by atoms with Gasteiger partial charge in [0.05, 0.1) is 11.8 Å². The molecule has 0 radical (unpaired) electrons. The van der Waals surface area contributed by atoms with Gasteiger partial charge in [-0.05, 0) is 43.0 Å². The summed E-state index contributed by atoms with van der Waals surface area (Å²) in [6.45, 7) is 2.45. The normalized spacial score (nSPS) is 22.4. The van der Waals surface area contributed by atoms with E-state index in [-0.39, 0.29) is 6.10 Å². The van der Waals surface area contributed by atoms with Crippen molar-refractivity contribution in [2.75, 3.05) is 25.1 Å². The lowest BCUT2D eigenvalue weighted by Gasteiger charge is -2.25. The highest BCUT2D eigenvalue weighted by Crippen LogP contribution is 2.33. The van der Waals surface area contributed by atoms with Crippen molar-refractivity contribution >= 4 is 35.1 Å². The Morgan fingerprint density at radius 2 is 2.06 bits per heavy atom. The van der Waals surface area contributed by atoms with E-state index in [1.807, 2.05) is 13.0 Å². The van der Waals surface area contributed by atoms with Gasteiger partial charge >= 0.3 is 6.03 Å². The largest absolute Gasteiger partial charge is 0.489 e. The maximum Gasteiger partial charge on any atom is 0.325 e. The minimum Gasteiger partial charge on any atom is -0.489 e. The molecule has 2 aromatic rings. The molecule has 2 fully saturated rings. The summed E-state index contributed by atoms with van der Waals surface area (Å²) in [6, 6.07) is 13.3. The molecular weight excluding hydrogens is 446 g/mol. The predicted octanol–water partition coefficient (Wildman–Crippen LogP) is 3.69. The van der Waals surface area contributed by atoms with Gasteiger partial charge in [0.1, 0.15) is 24.4 Å². The molecule has 2 aliphatic heterocycles. The Hall–Kier alpha value is -3.10. The predicted molar refractivity (Wildman–Crippen MR) is 123 cm³/mol. The molecule has 0 aliphatic carbocycles. The smallest absolute Gasteiger partial charge is 0.325 e. The number of hydrogen-bond donors (Lipinski definition) is 2. The van der Waals surface area contributed by atoms with Gasteiger partial charge in [0.2, 0.25) is 5.91 Å². The molecule has 4 amide bonds. The van der Waals surface area contributed by atoms with Crippen LogP contribution in [0.4, 0.5) is 10.5 Å². The fraction of sp³-hybridized carbons (Fsp3) is 0.375. The summed E-state index contributed by atoms with van der Waals surface area (Å²) in [6.07, 6.45) is 2.28. The van der Waals surface area contributed by atoms with Crippen molar-refractivity contribution in [1.29, 1.82) is 0 Å². The quantitative estimate of drug-likeness (QED) is 0.572. The first-order valence-corrected chi connectivity index (χ1v) is 11.3. The zero-order valence-electron chi connectivity index (χ0n) is 18.3. The van der Waals surface area contributed by atoms with Gasteiger partial charge in [-0.3, -0.25) is 14.5 Å². The van der Waals surface area contributed by atoms with Crippen LogP contribution in [0, 0.1) is 0 Å². The van der Waals surface area contributed by atoms with Crippen LogP contribution in [0.2, 0.25) is 5.02 Å². The first-order chi connectivity index (χ1) is 15.9. The maximum absolute atomic E-state index is 13.2. The van der Waals surface area contributed by atoms with E-state index in [9.17, 15) is 14.4 Å². The van der Waals surface area contributed by atoms with E-state index in [2.05, 4.69) is 10.6 Å². The van der Waals surface area contributed by atoms with Crippen molar-refractivity contribution < 1.29 is 23.9 Å². The number of benzene rings is 2. The van der Waals surface area contributed by atoms with Gasteiger partial charge in [0.15, 0.2) is 0 Å². The Kier molecular flexibility index (Phi) is 6.85. The maximum atomic E-state index is 13.2. The van der Waals surface area contributed by atoms with Gasteiger partial charge in [0, 0.05) is 11.6 Å². The molecule has 9 heteroatoms. The summed E-state index contributed by atoms with van der Waals surface area (Å²) in [4.78, 5) is 39.6. The second-order valence-electron chi connectivity index (χ2n) is 8.08. The summed E-state index contributed by atoms with van der Waals surface area (Å²) in [7, 11) is 0. The highest BCUT2D eigenvalue weighted by molar-refractivity contribution is 6.31. The Balaban J connectivity index is 1.46. The molecule has 2 heterocycles. The fourth-order valence-electron chi connectivity index (χ4n) is 4.15. The summed E-state index contributed by atoms with van der Waals surface area (Å²) < 4.78 is 11.4. The lowest BCUT2D eigenvalue weighted by atomic mass is 9.87. The van der Waals surface area contributed by atoms with Crippen LogP contribution in [-0.2, 0) is 19.9 Å². The lowest BCUT2D eigenvalue weighted by Crippen LogP contribution is -2.44. The number of rotatable bonds is 8. The van der Waals surface area contributed by atoms with Crippen molar-refractivity contribution in [2.45, 2.75) is 37.8 Å². The Morgan fingerprint density at radius 1 is 1.27 bits per heavy atom. The van der Waals surface area contributed by atoms with Crippen molar-refractivity contribution in [1.82, 2.24) is 10.2 Å². The zero-order valence-corrected chi connectivity index (χ0v) is 19.1. The number of hydrogen-bond acceptors (Lipinski definition) is 5. The monoisotopic (exact) mass is 471 g/mol. The first-order valence-electron chi connectivity index (χ1n) is 11.0. The van der Waals surface area contributed by atoms with Gasteiger partial charge in [-0.2, -0.15) is 0 Å². The number of carbonyl (C=O) groups excluding carboxylic acids is 3. The third-order valence-electron chi connectivity index (χ3n) is 5.94. The van der Waals surface area contributed by atoms with Crippen LogP contribution in [0.25, 0.3) is 0 Å². The molecule has 2 atom stereocenters. The topological polar surface area (TPSA) is 97.0 Å². The minimum atomic E-state index is -1.19. The molecule has 2 N–H and O–H groups in total. The van der Waals surface area contributed by atoms with Gasteiger partial charge < -0.3 is 20.1 Å². The van der Waals surface area contributed by atoms with Gasteiger partial charge in [-0.1, -0.05) is 48.9 Å². The Labute approximate surface area is 197 Å². The first kappa shape index (κ1) is 23.1. The number of carbonyl (C=O) groups is 3. The number of nitrogens with zero attached hydrogens (tertiary/aromatic N) is 1.